The van der Waals surface area contributed by atoms with Gasteiger partial charge in [0.25, 0.3) is 0 Å². The van der Waals surface area contributed by atoms with Crippen LogP contribution in [0.5, 0.6) is 5.75 Å². The molecule has 1 heterocycles. The standard InChI is InChI=1S/C18H20BrNO/c1-2-20-17(14-9-3-4-11-16(14)19)15-10-5-7-13-8-6-12-21-18(13)15/h3-5,7,9-11,17,20H,2,6,8,12H2,1H3. The number of para-hydroxylation sites is 1. The van der Waals surface area contributed by atoms with Gasteiger partial charge in [-0.05, 0) is 36.6 Å². The highest BCUT2D eigenvalue weighted by Crippen LogP contribution is 2.37. The van der Waals surface area contributed by atoms with Crippen LogP contribution < -0.4 is 10.1 Å². The average Bonchev–Trinajstić information content (AvgIpc) is 2.53. The third-order valence-electron chi connectivity index (χ3n) is 3.90. The first-order valence-corrected chi connectivity index (χ1v) is 8.33. The van der Waals surface area contributed by atoms with Gasteiger partial charge in [0.2, 0.25) is 0 Å². The predicted octanol–water partition coefficient (Wildman–Crippen LogP) is 4.47. The average molecular weight is 346 g/mol. The molecule has 110 valence electrons. The second kappa shape index (κ2) is 6.63. The number of aryl methyl sites for hydroxylation is 1. The van der Waals surface area contributed by atoms with E-state index in [1.165, 1.54) is 16.7 Å². The Hall–Kier alpha value is -1.32. The van der Waals surface area contributed by atoms with Gasteiger partial charge in [0.15, 0.2) is 0 Å². The maximum atomic E-state index is 5.99. The molecule has 0 spiro atoms. The summed E-state index contributed by atoms with van der Waals surface area (Å²) in [5, 5.41) is 3.60. The number of halogens is 1. The van der Waals surface area contributed by atoms with Crippen molar-refractivity contribution < 1.29 is 4.74 Å². The fourth-order valence-corrected chi connectivity index (χ4v) is 3.46. The summed E-state index contributed by atoms with van der Waals surface area (Å²) in [7, 11) is 0. The van der Waals surface area contributed by atoms with Crippen molar-refractivity contribution in [2.45, 2.75) is 25.8 Å². The van der Waals surface area contributed by atoms with Crippen molar-refractivity contribution in [1.82, 2.24) is 5.32 Å². The number of hydrogen-bond acceptors (Lipinski definition) is 2. The Labute approximate surface area is 134 Å². The lowest BCUT2D eigenvalue weighted by Crippen LogP contribution is -2.24. The van der Waals surface area contributed by atoms with Crippen LogP contribution >= 0.6 is 15.9 Å². The molecule has 0 saturated heterocycles. The van der Waals surface area contributed by atoms with Crippen LogP contribution in [0.1, 0.15) is 36.1 Å². The Bertz CT molecular complexity index is 626. The van der Waals surface area contributed by atoms with E-state index in [2.05, 4.69) is 64.6 Å². The molecule has 1 aliphatic rings. The van der Waals surface area contributed by atoms with Crippen molar-refractivity contribution >= 4 is 15.9 Å². The predicted molar refractivity (Wildman–Crippen MR) is 89.9 cm³/mol. The van der Waals surface area contributed by atoms with Gasteiger partial charge < -0.3 is 10.1 Å². The van der Waals surface area contributed by atoms with E-state index in [9.17, 15) is 0 Å². The molecule has 1 N–H and O–H groups in total. The number of nitrogens with one attached hydrogen (secondary N) is 1. The quantitative estimate of drug-likeness (QED) is 0.882. The summed E-state index contributed by atoms with van der Waals surface area (Å²) in [4.78, 5) is 0. The highest BCUT2D eigenvalue weighted by Gasteiger charge is 2.23. The van der Waals surface area contributed by atoms with Crippen molar-refractivity contribution in [1.29, 1.82) is 0 Å². The topological polar surface area (TPSA) is 21.3 Å². The minimum Gasteiger partial charge on any atom is -0.493 e. The van der Waals surface area contributed by atoms with Gasteiger partial charge in [-0.2, -0.15) is 0 Å². The fraction of sp³-hybridized carbons (Fsp3) is 0.333. The lowest BCUT2D eigenvalue weighted by Gasteiger charge is -2.26. The van der Waals surface area contributed by atoms with Crippen LogP contribution in [0, 0.1) is 0 Å². The molecule has 2 nitrogen and oxygen atoms in total. The van der Waals surface area contributed by atoms with Crippen LogP contribution in [0.2, 0.25) is 0 Å². The van der Waals surface area contributed by atoms with Crippen LogP contribution in [0.25, 0.3) is 0 Å². The fourth-order valence-electron chi connectivity index (χ4n) is 2.94. The lowest BCUT2D eigenvalue weighted by atomic mass is 9.93. The Morgan fingerprint density at radius 2 is 1.95 bits per heavy atom. The molecule has 1 aliphatic heterocycles. The summed E-state index contributed by atoms with van der Waals surface area (Å²) in [5.41, 5.74) is 3.82. The highest BCUT2D eigenvalue weighted by molar-refractivity contribution is 9.10. The van der Waals surface area contributed by atoms with E-state index in [1.54, 1.807) is 0 Å². The van der Waals surface area contributed by atoms with Crippen molar-refractivity contribution in [2.24, 2.45) is 0 Å². The SMILES string of the molecule is CCNC(c1ccccc1Br)c1cccc2c1OCCC2. The van der Waals surface area contributed by atoms with Crippen molar-refractivity contribution in [3.63, 3.8) is 0 Å². The molecule has 0 radical (unpaired) electrons. The summed E-state index contributed by atoms with van der Waals surface area (Å²) >= 11 is 3.68. The van der Waals surface area contributed by atoms with Gasteiger partial charge >= 0.3 is 0 Å². The number of hydrogen-bond donors (Lipinski definition) is 1. The Kier molecular flexibility index (Phi) is 4.61. The van der Waals surface area contributed by atoms with Crippen LogP contribution in [0.3, 0.4) is 0 Å². The van der Waals surface area contributed by atoms with E-state index in [0.29, 0.717) is 0 Å². The van der Waals surface area contributed by atoms with E-state index in [4.69, 9.17) is 4.74 Å². The second-order valence-corrected chi connectivity index (χ2v) is 6.15. The molecule has 0 saturated carbocycles. The lowest BCUT2D eigenvalue weighted by molar-refractivity contribution is 0.283. The van der Waals surface area contributed by atoms with Gasteiger partial charge in [-0.25, -0.2) is 0 Å². The summed E-state index contributed by atoms with van der Waals surface area (Å²) in [5.74, 6) is 1.07. The van der Waals surface area contributed by atoms with Crippen molar-refractivity contribution in [3.05, 3.63) is 63.6 Å². The molecule has 1 unspecified atom stereocenters. The van der Waals surface area contributed by atoms with Crippen molar-refractivity contribution in [3.8, 4) is 5.75 Å². The third kappa shape index (κ3) is 2.99. The van der Waals surface area contributed by atoms with Crippen LogP contribution in [-0.2, 0) is 6.42 Å². The minimum atomic E-state index is 0.152. The molecule has 2 aromatic carbocycles. The number of fused-ring (bicyclic) bond motifs is 1. The molecule has 0 aliphatic carbocycles. The summed E-state index contributed by atoms with van der Waals surface area (Å²) in [6, 6.07) is 15.0. The molecule has 2 aromatic rings. The molecule has 0 fully saturated rings. The zero-order valence-corrected chi connectivity index (χ0v) is 13.8. The normalized spacial score (nSPS) is 15.1. The van der Waals surface area contributed by atoms with E-state index in [-0.39, 0.29) is 6.04 Å². The van der Waals surface area contributed by atoms with Crippen LogP contribution in [0.4, 0.5) is 0 Å². The van der Waals surface area contributed by atoms with E-state index in [0.717, 1.165) is 36.2 Å². The smallest absolute Gasteiger partial charge is 0.127 e. The molecule has 3 heteroatoms. The maximum absolute atomic E-state index is 5.99. The second-order valence-electron chi connectivity index (χ2n) is 5.30. The Morgan fingerprint density at radius 3 is 2.76 bits per heavy atom. The molecular formula is C18H20BrNO. The van der Waals surface area contributed by atoms with E-state index < -0.39 is 0 Å². The summed E-state index contributed by atoms with van der Waals surface area (Å²) < 4.78 is 7.12. The zero-order valence-electron chi connectivity index (χ0n) is 12.2. The van der Waals surface area contributed by atoms with Crippen molar-refractivity contribution in [2.75, 3.05) is 13.2 Å². The molecule has 0 bridgehead atoms. The number of ether oxygens (including phenoxy) is 1. The third-order valence-corrected chi connectivity index (χ3v) is 4.62. The molecule has 1 atom stereocenters. The largest absolute Gasteiger partial charge is 0.493 e. The zero-order chi connectivity index (χ0) is 14.7. The molecular weight excluding hydrogens is 326 g/mol. The highest BCUT2D eigenvalue weighted by atomic mass is 79.9. The first kappa shape index (κ1) is 14.6. The van der Waals surface area contributed by atoms with E-state index in [1.807, 2.05) is 6.07 Å². The molecule has 0 amide bonds. The van der Waals surface area contributed by atoms with Crippen LogP contribution in [0.15, 0.2) is 46.9 Å². The van der Waals surface area contributed by atoms with Gasteiger partial charge in [-0.1, -0.05) is 59.3 Å². The Morgan fingerprint density at radius 1 is 1.14 bits per heavy atom. The first-order chi connectivity index (χ1) is 10.3. The molecule has 3 rings (SSSR count). The number of rotatable bonds is 4. The monoisotopic (exact) mass is 345 g/mol. The van der Waals surface area contributed by atoms with Gasteiger partial charge in [0.1, 0.15) is 5.75 Å². The number of benzene rings is 2. The Balaban J connectivity index is 2.08. The molecule has 0 aromatic heterocycles. The molecule has 21 heavy (non-hydrogen) atoms. The summed E-state index contributed by atoms with van der Waals surface area (Å²) in [6.45, 7) is 3.87. The van der Waals surface area contributed by atoms with Gasteiger partial charge in [0.05, 0.1) is 12.6 Å². The van der Waals surface area contributed by atoms with Crippen LogP contribution in [-0.4, -0.2) is 13.2 Å². The minimum absolute atomic E-state index is 0.152. The van der Waals surface area contributed by atoms with Gasteiger partial charge in [-0.3, -0.25) is 0 Å². The van der Waals surface area contributed by atoms with Gasteiger partial charge in [-0.15, -0.1) is 0 Å². The van der Waals surface area contributed by atoms with E-state index >= 15 is 0 Å². The van der Waals surface area contributed by atoms with Gasteiger partial charge in [0, 0.05) is 10.0 Å². The first-order valence-electron chi connectivity index (χ1n) is 7.53. The maximum Gasteiger partial charge on any atom is 0.127 e. The summed E-state index contributed by atoms with van der Waals surface area (Å²) in [6.07, 6.45) is 2.22.